The molecule has 10 heteroatoms. The fourth-order valence-corrected chi connectivity index (χ4v) is 5.57. The average molecular weight is 485 g/mol. The van der Waals surface area contributed by atoms with Gasteiger partial charge in [0.1, 0.15) is 0 Å². The van der Waals surface area contributed by atoms with Crippen molar-refractivity contribution < 1.29 is 17.6 Å². The Morgan fingerprint density at radius 2 is 1.91 bits per heavy atom. The van der Waals surface area contributed by atoms with Crippen molar-refractivity contribution in [2.75, 3.05) is 24.1 Å². The molecule has 2 heterocycles. The average Bonchev–Trinajstić information content (AvgIpc) is 3.30. The molecule has 3 N–H and O–H groups in total. The first-order chi connectivity index (χ1) is 16.2. The summed E-state index contributed by atoms with van der Waals surface area (Å²) in [6, 6.07) is 12.5. The van der Waals surface area contributed by atoms with E-state index >= 15 is 0 Å². The van der Waals surface area contributed by atoms with Gasteiger partial charge in [0.2, 0.25) is 15.9 Å². The van der Waals surface area contributed by atoms with Crippen molar-refractivity contribution in [3.63, 3.8) is 0 Å². The fraction of sp³-hybridized carbons (Fsp3) is 0.417. The molecule has 180 valence electrons. The van der Waals surface area contributed by atoms with Crippen molar-refractivity contribution >= 4 is 32.7 Å². The highest BCUT2D eigenvalue weighted by atomic mass is 32.2. The molecule has 0 spiro atoms. The van der Waals surface area contributed by atoms with Crippen molar-refractivity contribution in [2.45, 2.75) is 43.7 Å². The number of oxazole rings is 1. The number of hydrogen-bond acceptors (Lipinski definition) is 6. The number of aromatic nitrogens is 1. The second kappa shape index (κ2) is 8.28. The molecule has 1 saturated carbocycles. The van der Waals surface area contributed by atoms with Crippen LogP contribution >= 0.6 is 0 Å². The van der Waals surface area contributed by atoms with Gasteiger partial charge in [-0.25, -0.2) is 13.2 Å². The van der Waals surface area contributed by atoms with Crippen molar-refractivity contribution in [1.82, 2.24) is 9.47 Å². The summed E-state index contributed by atoms with van der Waals surface area (Å²) < 4.78 is 33.1. The molecule has 5 rings (SSSR count). The van der Waals surface area contributed by atoms with Crippen LogP contribution in [0.25, 0.3) is 11.1 Å². The Balaban J connectivity index is 1.55. The topological polar surface area (TPSA) is 128 Å². The second-order valence-electron chi connectivity index (χ2n) is 9.37. The lowest BCUT2D eigenvalue weighted by atomic mass is 9.95. The molecule has 1 saturated heterocycles. The zero-order valence-electron chi connectivity index (χ0n) is 19.0. The lowest BCUT2D eigenvalue weighted by Gasteiger charge is -2.28. The third kappa shape index (κ3) is 4.23. The molecule has 1 unspecified atom stereocenters. The molecule has 1 atom stereocenters. The highest BCUT2D eigenvalue weighted by Gasteiger charge is 2.50. The number of primary amides is 1. The summed E-state index contributed by atoms with van der Waals surface area (Å²) >= 11 is 0. The van der Waals surface area contributed by atoms with Crippen LogP contribution in [0.4, 0.5) is 5.69 Å². The Bertz CT molecular complexity index is 1410. The largest absolute Gasteiger partial charge is 0.420 e. The predicted octanol–water partition coefficient (Wildman–Crippen LogP) is 2.32. The lowest BCUT2D eigenvalue weighted by molar-refractivity contribution is -0.120. The molecule has 2 aliphatic rings. The van der Waals surface area contributed by atoms with Crippen molar-refractivity contribution in [3.8, 4) is 0 Å². The molecule has 1 aromatic heterocycles. The molecule has 2 fully saturated rings. The minimum absolute atomic E-state index is 0.156. The van der Waals surface area contributed by atoms with Crippen LogP contribution < -0.4 is 16.2 Å². The van der Waals surface area contributed by atoms with E-state index in [1.165, 1.54) is 0 Å². The van der Waals surface area contributed by atoms with Gasteiger partial charge in [-0.1, -0.05) is 18.2 Å². The van der Waals surface area contributed by atoms with E-state index in [-0.39, 0.29) is 11.9 Å². The number of nitrogens with two attached hydrogens (primary N) is 1. The highest BCUT2D eigenvalue weighted by molar-refractivity contribution is 7.92. The number of nitrogens with zero attached hydrogens (tertiary/aromatic N) is 2. The maximum absolute atomic E-state index is 12.9. The van der Waals surface area contributed by atoms with E-state index in [0.29, 0.717) is 36.2 Å². The van der Waals surface area contributed by atoms with Crippen LogP contribution in [0, 0.1) is 0 Å². The normalized spacial score (nSPS) is 18.7. The van der Waals surface area contributed by atoms with E-state index in [9.17, 15) is 18.0 Å². The Labute approximate surface area is 197 Å². The molecule has 0 radical (unpaired) electrons. The van der Waals surface area contributed by atoms with Crippen molar-refractivity contribution in [2.24, 2.45) is 5.73 Å². The standard InChI is InChI=1S/C24H28N4O5S/c1-34(31,32)26-18-6-4-5-16(13-18)20(27-11-2-3-12-27)15-28-19-14-17(24(9-10-24)22(25)29)7-8-21(19)33-23(28)30/h4-8,13-14,20,26H,2-3,9-12,15H2,1H3,(H2,25,29). The SMILES string of the molecule is CS(=O)(=O)Nc1cccc(C(Cn2c(=O)oc3ccc(C4(C(N)=O)CC4)cc32)N2CCCC2)c1. The zero-order valence-corrected chi connectivity index (χ0v) is 19.8. The number of sulfonamides is 1. The minimum Gasteiger partial charge on any atom is -0.408 e. The Morgan fingerprint density at radius 1 is 1.18 bits per heavy atom. The smallest absolute Gasteiger partial charge is 0.408 e. The summed E-state index contributed by atoms with van der Waals surface area (Å²) in [4.78, 5) is 27.2. The molecule has 1 aliphatic carbocycles. The van der Waals surface area contributed by atoms with Crippen molar-refractivity contribution in [1.29, 1.82) is 0 Å². The molecule has 2 aromatic carbocycles. The quantitative estimate of drug-likeness (QED) is 0.505. The number of amides is 1. The summed E-state index contributed by atoms with van der Waals surface area (Å²) in [6.45, 7) is 2.10. The van der Waals surface area contributed by atoms with Gasteiger partial charge >= 0.3 is 5.76 Å². The van der Waals surface area contributed by atoms with Crippen LogP contribution in [0.2, 0.25) is 0 Å². The third-order valence-electron chi connectivity index (χ3n) is 6.95. The number of likely N-dealkylation sites (tertiary alicyclic amines) is 1. The van der Waals surface area contributed by atoms with Gasteiger partial charge in [-0.3, -0.25) is 19.0 Å². The Hall–Kier alpha value is -3.11. The molecular weight excluding hydrogens is 456 g/mol. The number of hydrogen-bond donors (Lipinski definition) is 2. The van der Waals surface area contributed by atoms with Gasteiger partial charge in [0.25, 0.3) is 0 Å². The number of benzene rings is 2. The van der Waals surface area contributed by atoms with Gasteiger partial charge in [0.05, 0.1) is 23.2 Å². The van der Waals surface area contributed by atoms with Crippen LogP contribution in [0.5, 0.6) is 0 Å². The summed E-state index contributed by atoms with van der Waals surface area (Å²) in [5.74, 6) is -0.819. The Kier molecular flexibility index (Phi) is 5.52. The summed E-state index contributed by atoms with van der Waals surface area (Å²) in [5.41, 5.74) is 8.28. The molecular formula is C24H28N4O5S. The Morgan fingerprint density at radius 3 is 2.56 bits per heavy atom. The number of carbonyl (C=O) groups is 1. The van der Waals surface area contributed by atoms with E-state index < -0.39 is 21.2 Å². The van der Waals surface area contributed by atoms with Crippen molar-refractivity contribution in [3.05, 3.63) is 64.1 Å². The monoisotopic (exact) mass is 484 g/mol. The molecule has 0 bridgehead atoms. The van der Waals surface area contributed by atoms with Crippen LogP contribution in [0.3, 0.4) is 0 Å². The van der Waals surface area contributed by atoms with Gasteiger partial charge in [-0.2, -0.15) is 0 Å². The lowest BCUT2D eigenvalue weighted by Crippen LogP contribution is -2.32. The maximum atomic E-state index is 12.9. The first kappa shape index (κ1) is 22.7. The molecule has 9 nitrogen and oxygen atoms in total. The number of anilines is 1. The number of rotatable bonds is 8. The van der Waals surface area contributed by atoms with Crippen LogP contribution in [0.1, 0.15) is 42.9 Å². The molecule has 1 aliphatic heterocycles. The van der Waals surface area contributed by atoms with E-state index in [4.69, 9.17) is 10.2 Å². The summed E-state index contributed by atoms with van der Waals surface area (Å²) in [7, 11) is -3.42. The van der Waals surface area contributed by atoms with Gasteiger partial charge in [0, 0.05) is 12.2 Å². The van der Waals surface area contributed by atoms with Crippen LogP contribution in [-0.4, -0.2) is 43.1 Å². The van der Waals surface area contributed by atoms with E-state index in [1.807, 2.05) is 30.3 Å². The molecule has 1 amide bonds. The van der Waals surface area contributed by atoms with E-state index in [1.54, 1.807) is 16.7 Å². The maximum Gasteiger partial charge on any atom is 0.420 e. The van der Waals surface area contributed by atoms with Gasteiger partial charge < -0.3 is 10.2 Å². The molecule has 34 heavy (non-hydrogen) atoms. The first-order valence-corrected chi connectivity index (χ1v) is 13.3. The van der Waals surface area contributed by atoms with Gasteiger partial charge in [0.15, 0.2) is 5.58 Å². The summed E-state index contributed by atoms with van der Waals surface area (Å²) in [5, 5.41) is 0. The van der Waals surface area contributed by atoms with Gasteiger partial charge in [-0.05, 0) is 74.2 Å². The summed E-state index contributed by atoms with van der Waals surface area (Å²) in [6.07, 6.45) is 4.64. The number of carbonyl (C=O) groups excluding carboxylic acids is 1. The number of fused-ring (bicyclic) bond motifs is 1. The molecule has 3 aromatic rings. The third-order valence-corrected chi connectivity index (χ3v) is 7.56. The van der Waals surface area contributed by atoms with Gasteiger partial charge in [-0.15, -0.1) is 0 Å². The first-order valence-electron chi connectivity index (χ1n) is 11.4. The minimum atomic E-state index is -3.42. The number of nitrogens with one attached hydrogen (secondary N) is 1. The van der Waals surface area contributed by atoms with E-state index in [0.717, 1.165) is 43.3 Å². The van der Waals surface area contributed by atoms with E-state index in [2.05, 4.69) is 9.62 Å². The zero-order chi connectivity index (χ0) is 24.1. The predicted molar refractivity (Wildman–Crippen MR) is 129 cm³/mol. The second-order valence-corrected chi connectivity index (χ2v) is 11.1. The highest BCUT2D eigenvalue weighted by Crippen LogP contribution is 2.48. The van der Waals surface area contributed by atoms with Crippen LogP contribution in [0.15, 0.2) is 51.7 Å². The fourth-order valence-electron chi connectivity index (χ4n) is 5.02. The van der Waals surface area contributed by atoms with Crippen LogP contribution in [-0.2, 0) is 26.8 Å².